The van der Waals surface area contributed by atoms with Crippen LogP contribution < -0.4 is 5.32 Å². The van der Waals surface area contributed by atoms with Gasteiger partial charge >= 0.3 is 11.9 Å². The number of benzene rings is 1. The first-order chi connectivity index (χ1) is 16.6. The van der Waals surface area contributed by atoms with Crippen molar-refractivity contribution in [3.05, 3.63) is 69.0 Å². The van der Waals surface area contributed by atoms with Crippen LogP contribution in [-0.4, -0.2) is 60.9 Å². The summed E-state index contributed by atoms with van der Waals surface area (Å²) in [6.45, 7) is -0.116. The number of carbonyl (C=O) groups excluding carboxylic acids is 2. The summed E-state index contributed by atoms with van der Waals surface area (Å²) >= 11 is 6.04. The van der Waals surface area contributed by atoms with Gasteiger partial charge in [-0.05, 0) is 24.3 Å². The van der Waals surface area contributed by atoms with Gasteiger partial charge in [0.15, 0.2) is 0 Å². The highest BCUT2D eigenvalue weighted by molar-refractivity contribution is 6.30. The van der Waals surface area contributed by atoms with Crippen molar-refractivity contribution in [3.8, 4) is 0 Å². The lowest BCUT2D eigenvalue weighted by Crippen LogP contribution is -2.57. The zero-order chi connectivity index (χ0) is 25.5. The van der Waals surface area contributed by atoms with Crippen LogP contribution >= 0.6 is 11.6 Å². The SMILES string of the molecule is O=C(O)CC1(C(=O)O)NC(c2cc(Cl)ccc2[N+](=O)[O-])C2C(=O)N(CCc3ccccn3)C(=O)C21. The predicted molar refractivity (Wildman–Crippen MR) is 118 cm³/mol. The Morgan fingerprint density at radius 1 is 1.20 bits per heavy atom. The number of amides is 2. The number of fused-ring (bicyclic) bond motifs is 1. The van der Waals surface area contributed by atoms with Crippen LogP contribution in [0.1, 0.15) is 23.7 Å². The number of likely N-dealkylation sites (tertiary alicyclic amines) is 1. The standard InChI is InChI=1S/C22H19ClN4O8/c23-11-4-5-14(27(34)35)13(9-11)18-16-17(22(25-18,21(32)33)10-15(28)29)20(31)26(19(16)30)8-6-12-3-1-2-7-24-12/h1-5,7,9,16-18,25H,6,8,10H2,(H,28,29)(H,32,33). The number of halogens is 1. The molecular weight excluding hydrogens is 484 g/mol. The average molecular weight is 503 g/mol. The molecule has 0 aliphatic carbocycles. The van der Waals surface area contributed by atoms with E-state index in [1.807, 2.05) is 0 Å². The van der Waals surface area contributed by atoms with Crippen molar-refractivity contribution < 1.29 is 34.3 Å². The van der Waals surface area contributed by atoms with Gasteiger partial charge in [0.2, 0.25) is 11.8 Å². The molecule has 12 nitrogen and oxygen atoms in total. The van der Waals surface area contributed by atoms with Gasteiger partial charge in [-0.15, -0.1) is 0 Å². The molecule has 2 aromatic rings. The number of pyridine rings is 1. The minimum atomic E-state index is -2.37. The molecule has 35 heavy (non-hydrogen) atoms. The second-order valence-corrected chi connectivity index (χ2v) is 8.77. The fourth-order valence-corrected chi connectivity index (χ4v) is 5.12. The number of imide groups is 1. The predicted octanol–water partition coefficient (Wildman–Crippen LogP) is 1.43. The molecule has 2 saturated heterocycles. The number of nitrogens with one attached hydrogen (secondary N) is 1. The van der Waals surface area contributed by atoms with Gasteiger partial charge in [-0.3, -0.25) is 44.5 Å². The molecule has 0 radical (unpaired) electrons. The number of carboxylic acids is 2. The monoisotopic (exact) mass is 502 g/mol. The van der Waals surface area contributed by atoms with E-state index >= 15 is 0 Å². The summed E-state index contributed by atoms with van der Waals surface area (Å²) in [5.41, 5.74) is -2.35. The average Bonchev–Trinajstić information content (AvgIpc) is 3.26. The van der Waals surface area contributed by atoms with Gasteiger partial charge in [-0.1, -0.05) is 17.7 Å². The number of nitrogens with zero attached hydrogens (tertiary/aromatic N) is 3. The number of carboxylic acid groups (broad SMARTS) is 2. The van der Waals surface area contributed by atoms with Crippen LogP contribution in [0.4, 0.5) is 5.69 Å². The van der Waals surface area contributed by atoms with Crippen LogP contribution in [-0.2, 0) is 25.6 Å². The normalized spacial score (nSPS) is 25.5. The second-order valence-electron chi connectivity index (χ2n) is 8.33. The first-order valence-electron chi connectivity index (χ1n) is 10.5. The first kappa shape index (κ1) is 24.2. The van der Waals surface area contributed by atoms with Crippen LogP contribution in [0, 0.1) is 22.0 Å². The third-order valence-electron chi connectivity index (χ3n) is 6.40. The summed E-state index contributed by atoms with van der Waals surface area (Å²) in [5.74, 6) is -7.79. The summed E-state index contributed by atoms with van der Waals surface area (Å²) in [6.07, 6.45) is 0.700. The number of aromatic nitrogens is 1. The Balaban J connectivity index is 1.81. The summed E-state index contributed by atoms with van der Waals surface area (Å²) in [6, 6.07) is 7.35. The Morgan fingerprint density at radius 3 is 2.54 bits per heavy atom. The molecule has 0 spiro atoms. The van der Waals surface area contributed by atoms with Crippen molar-refractivity contribution in [2.45, 2.75) is 24.4 Å². The van der Waals surface area contributed by atoms with E-state index in [4.69, 9.17) is 11.6 Å². The first-order valence-corrected chi connectivity index (χ1v) is 10.9. The maximum atomic E-state index is 13.5. The zero-order valence-corrected chi connectivity index (χ0v) is 18.7. The number of hydrogen-bond donors (Lipinski definition) is 3. The van der Waals surface area contributed by atoms with Crippen molar-refractivity contribution in [2.75, 3.05) is 6.54 Å². The summed E-state index contributed by atoms with van der Waals surface area (Å²) < 4.78 is 0. The Bertz CT molecular complexity index is 1240. The smallest absolute Gasteiger partial charge is 0.325 e. The number of aliphatic carboxylic acids is 2. The van der Waals surface area contributed by atoms with Crippen LogP contribution in [0.2, 0.25) is 5.02 Å². The number of carbonyl (C=O) groups is 4. The van der Waals surface area contributed by atoms with E-state index < -0.39 is 64.2 Å². The summed E-state index contributed by atoms with van der Waals surface area (Å²) in [5, 5.41) is 33.9. The van der Waals surface area contributed by atoms with Crippen LogP contribution in [0.25, 0.3) is 0 Å². The van der Waals surface area contributed by atoms with E-state index in [0.717, 1.165) is 11.0 Å². The zero-order valence-electron chi connectivity index (χ0n) is 18.0. The highest BCUT2D eigenvalue weighted by atomic mass is 35.5. The Kier molecular flexibility index (Phi) is 6.26. The van der Waals surface area contributed by atoms with Gasteiger partial charge in [-0.25, -0.2) is 0 Å². The van der Waals surface area contributed by atoms with E-state index in [1.165, 1.54) is 18.3 Å². The van der Waals surface area contributed by atoms with Crippen LogP contribution in [0.3, 0.4) is 0 Å². The number of rotatable bonds is 8. The van der Waals surface area contributed by atoms with Gasteiger partial charge in [0.1, 0.15) is 5.54 Å². The minimum absolute atomic E-state index is 0.0822. The van der Waals surface area contributed by atoms with E-state index in [-0.39, 0.29) is 23.6 Å². The van der Waals surface area contributed by atoms with E-state index in [9.17, 15) is 39.5 Å². The van der Waals surface area contributed by atoms with Gasteiger partial charge in [-0.2, -0.15) is 0 Å². The molecule has 2 fully saturated rings. The van der Waals surface area contributed by atoms with Crippen molar-refractivity contribution in [1.29, 1.82) is 0 Å². The maximum absolute atomic E-state index is 13.5. The molecule has 1 aromatic carbocycles. The maximum Gasteiger partial charge on any atom is 0.325 e. The quantitative estimate of drug-likeness (QED) is 0.271. The fraction of sp³-hybridized carbons (Fsp3) is 0.318. The highest BCUT2D eigenvalue weighted by Gasteiger charge is 2.69. The highest BCUT2D eigenvalue weighted by Crippen LogP contribution is 2.51. The molecule has 2 aliphatic heterocycles. The molecule has 4 atom stereocenters. The molecular formula is C22H19ClN4O8. The van der Waals surface area contributed by atoms with Gasteiger partial charge in [0.05, 0.1) is 29.2 Å². The largest absolute Gasteiger partial charge is 0.481 e. The molecule has 3 heterocycles. The number of nitro groups is 1. The molecule has 4 rings (SSSR count). The third-order valence-corrected chi connectivity index (χ3v) is 6.63. The van der Waals surface area contributed by atoms with Gasteiger partial charge in [0, 0.05) is 41.5 Å². The van der Waals surface area contributed by atoms with Crippen molar-refractivity contribution >= 4 is 41.0 Å². The van der Waals surface area contributed by atoms with Crippen molar-refractivity contribution in [2.24, 2.45) is 11.8 Å². The molecule has 13 heteroatoms. The third kappa shape index (κ3) is 4.10. The van der Waals surface area contributed by atoms with Crippen LogP contribution in [0.15, 0.2) is 42.6 Å². The Hall–Kier alpha value is -3.90. The lowest BCUT2D eigenvalue weighted by molar-refractivity contribution is -0.385. The number of nitro benzene ring substituents is 1. The molecule has 0 saturated carbocycles. The lowest BCUT2D eigenvalue weighted by Gasteiger charge is -2.29. The van der Waals surface area contributed by atoms with E-state index in [2.05, 4.69) is 10.3 Å². The Labute approximate surface area is 202 Å². The van der Waals surface area contributed by atoms with E-state index in [1.54, 1.807) is 18.2 Å². The lowest BCUT2D eigenvalue weighted by atomic mass is 9.77. The van der Waals surface area contributed by atoms with Gasteiger partial charge in [0.25, 0.3) is 5.69 Å². The molecule has 182 valence electrons. The summed E-state index contributed by atoms with van der Waals surface area (Å²) in [4.78, 5) is 66.9. The van der Waals surface area contributed by atoms with Crippen LogP contribution in [0.5, 0.6) is 0 Å². The number of hydrogen-bond acceptors (Lipinski definition) is 8. The molecule has 3 N–H and O–H groups in total. The van der Waals surface area contributed by atoms with Crippen molar-refractivity contribution in [1.82, 2.24) is 15.2 Å². The van der Waals surface area contributed by atoms with Crippen molar-refractivity contribution in [3.63, 3.8) is 0 Å². The van der Waals surface area contributed by atoms with E-state index in [0.29, 0.717) is 5.69 Å². The molecule has 2 amide bonds. The Morgan fingerprint density at radius 2 is 1.94 bits per heavy atom. The second kappa shape index (κ2) is 9.04. The molecule has 1 aromatic heterocycles. The minimum Gasteiger partial charge on any atom is -0.481 e. The fourth-order valence-electron chi connectivity index (χ4n) is 4.94. The summed E-state index contributed by atoms with van der Waals surface area (Å²) in [7, 11) is 0. The molecule has 2 aliphatic rings. The molecule has 0 bridgehead atoms. The van der Waals surface area contributed by atoms with Gasteiger partial charge < -0.3 is 10.2 Å². The topological polar surface area (TPSA) is 180 Å². The molecule has 4 unspecified atom stereocenters.